The molecule has 3 rings (SSSR count). The van der Waals surface area contributed by atoms with Gasteiger partial charge >= 0.3 is 0 Å². The minimum atomic E-state index is -0.582. The van der Waals surface area contributed by atoms with Crippen LogP contribution in [0.4, 0.5) is 0 Å². The Bertz CT molecular complexity index is 692. The van der Waals surface area contributed by atoms with Crippen LogP contribution in [0, 0.1) is 11.3 Å². The van der Waals surface area contributed by atoms with Crippen LogP contribution in [-0.2, 0) is 19.4 Å². The molecule has 2 atom stereocenters. The molecule has 0 spiro atoms. The average Bonchev–Trinajstić information content (AvgIpc) is 3.07. The number of rotatable bonds is 7. The summed E-state index contributed by atoms with van der Waals surface area (Å²) in [6.07, 6.45) is 3.29. The lowest BCUT2D eigenvalue weighted by Gasteiger charge is -2.24. The van der Waals surface area contributed by atoms with Crippen LogP contribution in [0.1, 0.15) is 17.8 Å². The van der Waals surface area contributed by atoms with E-state index in [9.17, 15) is 5.11 Å². The molecule has 0 fully saturated rings. The number of aryl methyl sites for hydroxylation is 1. The molecule has 2 N–H and O–H groups in total. The van der Waals surface area contributed by atoms with E-state index >= 15 is 0 Å². The van der Waals surface area contributed by atoms with Gasteiger partial charge in [0, 0.05) is 19.0 Å². The Balaban J connectivity index is 1.38. The van der Waals surface area contributed by atoms with Crippen molar-refractivity contribution in [2.75, 3.05) is 13.2 Å². The maximum atomic E-state index is 10.1. The minimum absolute atomic E-state index is 0.228. The lowest BCUT2D eigenvalue weighted by atomic mass is 10.1. The van der Waals surface area contributed by atoms with Crippen molar-refractivity contribution in [1.29, 1.82) is 5.26 Å². The van der Waals surface area contributed by atoms with E-state index in [0.717, 1.165) is 30.8 Å². The van der Waals surface area contributed by atoms with E-state index in [2.05, 4.69) is 21.5 Å². The third kappa shape index (κ3) is 4.31. The molecule has 0 amide bonds. The number of nitriles is 1. The molecule has 0 bridgehead atoms. The van der Waals surface area contributed by atoms with Crippen LogP contribution < -0.4 is 10.1 Å². The standard InChI is InChI=1S/C17H21N5O2/c18-8-7-13-1-4-16(5-2-13)24-11-15(23)9-19-14-3-6-17-20-12-21-22(17)10-14/h1-2,4-5,12,14-15,19,23H,3,6-7,9-11H2. The van der Waals surface area contributed by atoms with Gasteiger partial charge in [0.15, 0.2) is 0 Å². The van der Waals surface area contributed by atoms with Crippen molar-refractivity contribution in [3.05, 3.63) is 42.0 Å². The van der Waals surface area contributed by atoms with Gasteiger partial charge in [-0.25, -0.2) is 9.67 Å². The summed E-state index contributed by atoms with van der Waals surface area (Å²) in [4.78, 5) is 4.20. The quantitative estimate of drug-likeness (QED) is 0.777. The third-order valence-corrected chi connectivity index (χ3v) is 4.10. The molecule has 1 aromatic carbocycles. The fourth-order valence-corrected chi connectivity index (χ4v) is 2.75. The monoisotopic (exact) mass is 327 g/mol. The second-order valence-corrected chi connectivity index (χ2v) is 5.95. The number of nitrogens with zero attached hydrogens (tertiary/aromatic N) is 4. The minimum Gasteiger partial charge on any atom is -0.491 e. The second kappa shape index (κ2) is 7.90. The van der Waals surface area contributed by atoms with Gasteiger partial charge in [-0.05, 0) is 24.1 Å². The molecule has 0 aliphatic carbocycles. The Hall–Kier alpha value is -2.43. The van der Waals surface area contributed by atoms with Crippen molar-refractivity contribution >= 4 is 0 Å². The van der Waals surface area contributed by atoms with Gasteiger partial charge in [-0.15, -0.1) is 0 Å². The average molecular weight is 327 g/mol. The Morgan fingerprint density at radius 3 is 3.04 bits per heavy atom. The largest absolute Gasteiger partial charge is 0.491 e. The van der Waals surface area contributed by atoms with Gasteiger partial charge in [-0.2, -0.15) is 10.4 Å². The number of hydrogen-bond donors (Lipinski definition) is 2. The molecule has 0 saturated heterocycles. The number of fused-ring (bicyclic) bond motifs is 1. The first-order chi connectivity index (χ1) is 11.7. The molecule has 1 aromatic heterocycles. The normalized spacial score (nSPS) is 17.8. The van der Waals surface area contributed by atoms with E-state index in [1.165, 1.54) is 0 Å². The number of aliphatic hydroxyl groups is 1. The molecule has 1 aliphatic heterocycles. The van der Waals surface area contributed by atoms with Crippen molar-refractivity contribution in [2.24, 2.45) is 0 Å². The Labute approximate surface area is 140 Å². The van der Waals surface area contributed by atoms with E-state index < -0.39 is 6.10 Å². The highest BCUT2D eigenvalue weighted by Gasteiger charge is 2.20. The van der Waals surface area contributed by atoms with E-state index in [0.29, 0.717) is 24.8 Å². The fourth-order valence-electron chi connectivity index (χ4n) is 2.75. The van der Waals surface area contributed by atoms with E-state index in [1.54, 1.807) is 6.33 Å². The van der Waals surface area contributed by atoms with Crippen molar-refractivity contribution in [2.45, 2.75) is 38.0 Å². The van der Waals surface area contributed by atoms with Crippen molar-refractivity contribution < 1.29 is 9.84 Å². The molecule has 126 valence electrons. The van der Waals surface area contributed by atoms with Crippen molar-refractivity contribution in [3.63, 3.8) is 0 Å². The first-order valence-electron chi connectivity index (χ1n) is 8.11. The molecule has 2 aromatic rings. The van der Waals surface area contributed by atoms with Gasteiger partial charge < -0.3 is 15.2 Å². The molecule has 1 aliphatic rings. The molecular weight excluding hydrogens is 306 g/mol. The van der Waals surface area contributed by atoms with Crippen LogP contribution >= 0.6 is 0 Å². The fraction of sp³-hybridized carbons (Fsp3) is 0.471. The predicted octanol–water partition coefficient (Wildman–Crippen LogP) is 0.688. The van der Waals surface area contributed by atoms with Gasteiger partial charge in [0.05, 0.1) is 19.0 Å². The van der Waals surface area contributed by atoms with E-state index in [4.69, 9.17) is 10.00 Å². The summed E-state index contributed by atoms with van der Waals surface area (Å²) in [7, 11) is 0. The SMILES string of the molecule is N#CCc1ccc(OCC(O)CNC2CCc3ncnn3C2)cc1. The molecule has 24 heavy (non-hydrogen) atoms. The summed E-state index contributed by atoms with van der Waals surface area (Å²) in [6, 6.07) is 9.76. The summed E-state index contributed by atoms with van der Waals surface area (Å²) in [5.74, 6) is 1.72. The van der Waals surface area contributed by atoms with Crippen LogP contribution in [0.25, 0.3) is 0 Å². The maximum absolute atomic E-state index is 10.1. The lowest BCUT2D eigenvalue weighted by Crippen LogP contribution is -2.42. The zero-order chi connectivity index (χ0) is 16.8. The number of aliphatic hydroxyl groups excluding tert-OH is 1. The summed E-state index contributed by atoms with van der Waals surface area (Å²) < 4.78 is 7.49. The summed E-state index contributed by atoms with van der Waals surface area (Å²) in [5.41, 5.74) is 0.955. The Kier molecular flexibility index (Phi) is 5.41. The lowest BCUT2D eigenvalue weighted by molar-refractivity contribution is 0.101. The third-order valence-electron chi connectivity index (χ3n) is 4.10. The first-order valence-corrected chi connectivity index (χ1v) is 8.11. The Morgan fingerprint density at radius 1 is 1.42 bits per heavy atom. The number of nitrogens with one attached hydrogen (secondary N) is 1. The number of benzene rings is 1. The number of aromatic nitrogens is 3. The topological polar surface area (TPSA) is 96.0 Å². The summed E-state index contributed by atoms with van der Waals surface area (Å²) in [5, 5.41) is 26.3. The van der Waals surface area contributed by atoms with Crippen LogP contribution in [0.5, 0.6) is 5.75 Å². The van der Waals surface area contributed by atoms with E-state index in [1.807, 2.05) is 28.9 Å². The predicted molar refractivity (Wildman–Crippen MR) is 87.4 cm³/mol. The zero-order valence-corrected chi connectivity index (χ0v) is 13.4. The molecule has 7 nitrogen and oxygen atoms in total. The van der Waals surface area contributed by atoms with Crippen molar-refractivity contribution in [3.8, 4) is 11.8 Å². The van der Waals surface area contributed by atoms with Crippen LogP contribution in [0.15, 0.2) is 30.6 Å². The first kappa shape index (κ1) is 16.4. The van der Waals surface area contributed by atoms with Gasteiger partial charge in [0.25, 0.3) is 0 Å². The molecule has 2 unspecified atom stereocenters. The van der Waals surface area contributed by atoms with Crippen LogP contribution in [-0.4, -0.2) is 45.2 Å². The molecule has 0 saturated carbocycles. The highest BCUT2D eigenvalue weighted by Crippen LogP contribution is 2.13. The van der Waals surface area contributed by atoms with Crippen LogP contribution in [0.2, 0.25) is 0 Å². The summed E-state index contributed by atoms with van der Waals surface area (Å²) >= 11 is 0. The van der Waals surface area contributed by atoms with Crippen LogP contribution in [0.3, 0.4) is 0 Å². The van der Waals surface area contributed by atoms with E-state index in [-0.39, 0.29) is 6.61 Å². The zero-order valence-electron chi connectivity index (χ0n) is 13.4. The smallest absolute Gasteiger partial charge is 0.138 e. The van der Waals surface area contributed by atoms with Crippen molar-refractivity contribution in [1.82, 2.24) is 20.1 Å². The molecular formula is C17H21N5O2. The highest BCUT2D eigenvalue weighted by atomic mass is 16.5. The highest BCUT2D eigenvalue weighted by molar-refractivity contribution is 5.28. The molecule has 0 radical (unpaired) electrons. The van der Waals surface area contributed by atoms with Gasteiger partial charge in [0.1, 0.15) is 30.6 Å². The van der Waals surface area contributed by atoms with Gasteiger partial charge in [-0.1, -0.05) is 12.1 Å². The van der Waals surface area contributed by atoms with Gasteiger partial charge in [0.2, 0.25) is 0 Å². The van der Waals surface area contributed by atoms with Gasteiger partial charge in [-0.3, -0.25) is 0 Å². The number of ether oxygens (including phenoxy) is 1. The maximum Gasteiger partial charge on any atom is 0.138 e. The second-order valence-electron chi connectivity index (χ2n) is 5.95. The molecule has 7 heteroatoms. The number of hydrogen-bond acceptors (Lipinski definition) is 6. The molecule has 2 heterocycles. The Morgan fingerprint density at radius 2 is 2.25 bits per heavy atom. The summed E-state index contributed by atoms with van der Waals surface area (Å²) in [6.45, 7) is 1.48.